The van der Waals surface area contributed by atoms with Gasteiger partial charge in [-0.25, -0.2) is 4.79 Å². The summed E-state index contributed by atoms with van der Waals surface area (Å²) in [5.74, 6) is -0.929. The summed E-state index contributed by atoms with van der Waals surface area (Å²) in [7, 11) is 0. The number of unbranched alkanes of at least 4 members (excludes halogenated alkanes) is 1. The van der Waals surface area contributed by atoms with Gasteiger partial charge in [-0.05, 0) is 12.8 Å². The van der Waals surface area contributed by atoms with E-state index in [1.54, 1.807) is 0 Å². The predicted molar refractivity (Wildman–Crippen MR) is 77.3 cm³/mol. The molecule has 0 fully saturated rings. The highest BCUT2D eigenvalue weighted by Gasteiger charge is 2.51. The predicted octanol–water partition coefficient (Wildman–Crippen LogP) is 2.58. The molecule has 2 atom stereocenters. The van der Waals surface area contributed by atoms with Gasteiger partial charge < -0.3 is 5.32 Å². The summed E-state index contributed by atoms with van der Waals surface area (Å²) in [5.41, 5.74) is -1.33. The first-order valence-electron chi connectivity index (χ1n) is 7.51. The molecule has 22 heavy (non-hydrogen) atoms. The minimum atomic E-state index is -4.48. The minimum Gasteiger partial charge on any atom is -0.359 e. The summed E-state index contributed by atoms with van der Waals surface area (Å²) < 4.78 is 41.1. The van der Waals surface area contributed by atoms with Crippen LogP contribution in [0.3, 0.4) is 0 Å². The van der Waals surface area contributed by atoms with Crippen molar-refractivity contribution in [3.63, 3.8) is 0 Å². The van der Waals surface area contributed by atoms with Crippen LogP contribution in [0.1, 0.15) is 51.0 Å². The lowest BCUT2D eigenvalue weighted by atomic mass is 9.91. The van der Waals surface area contributed by atoms with Crippen molar-refractivity contribution in [3.05, 3.63) is 26.4 Å². The van der Waals surface area contributed by atoms with Crippen LogP contribution in [0.2, 0.25) is 0 Å². The van der Waals surface area contributed by atoms with Gasteiger partial charge in [0.25, 0.3) is 5.56 Å². The fourth-order valence-electron chi connectivity index (χ4n) is 2.98. The van der Waals surface area contributed by atoms with Crippen LogP contribution < -0.4 is 16.6 Å². The molecule has 1 aliphatic rings. The fraction of sp³-hybridized carbons (Fsp3) is 0.714. The summed E-state index contributed by atoms with van der Waals surface area (Å²) in [6.07, 6.45) is -2.31. The smallest absolute Gasteiger partial charge is 0.359 e. The van der Waals surface area contributed by atoms with Gasteiger partial charge in [0.05, 0.1) is 5.56 Å². The van der Waals surface area contributed by atoms with Crippen LogP contribution in [0.25, 0.3) is 0 Å². The number of aromatic nitrogens is 2. The van der Waals surface area contributed by atoms with Crippen molar-refractivity contribution >= 4 is 5.82 Å². The number of rotatable bonds is 5. The van der Waals surface area contributed by atoms with Crippen molar-refractivity contribution in [1.29, 1.82) is 0 Å². The van der Waals surface area contributed by atoms with Gasteiger partial charge in [0.1, 0.15) is 11.9 Å². The topological polar surface area (TPSA) is 66.9 Å². The van der Waals surface area contributed by atoms with Crippen molar-refractivity contribution in [2.45, 2.75) is 64.2 Å². The molecule has 5 nitrogen and oxygen atoms in total. The Kier molecular flexibility index (Phi) is 4.67. The van der Waals surface area contributed by atoms with Crippen LogP contribution in [0.4, 0.5) is 19.0 Å². The standard InChI is InChI=1S/C14H20F3N3O2/c1-3-5-6-8-9-11(18-10(8)14(15,16)17)20(7-4-2)13(22)19-12(9)21/h8,10,18H,3-7H2,1-2H3,(H,19,21,22)/t8-,10-/m1/s1. The van der Waals surface area contributed by atoms with Gasteiger partial charge in [-0.3, -0.25) is 14.3 Å². The Morgan fingerprint density at radius 2 is 1.86 bits per heavy atom. The number of hydrogen-bond donors (Lipinski definition) is 2. The van der Waals surface area contributed by atoms with Crippen LogP contribution in [-0.4, -0.2) is 21.8 Å². The molecule has 0 aromatic carbocycles. The van der Waals surface area contributed by atoms with E-state index in [-0.39, 0.29) is 24.3 Å². The van der Waals surface area contributed by atoms with Gasteiger partial charge in [0, 0.05) is 12.5 Å². The fourth-order valence-corrected chi connectivity index (χ4v) is 2.98. The Hall–Kier alpha value is -1.73. The van der Waals surface area contributed by atoms with E-state index in [0.29, 0.717) is 12.8 Å². The van der Waals surface area contributed by atoms with Crippen LogP contribution in [0.5, 0.6) is 0 Å². The largest absolute Gasteiger partial charge is 0.409 e. The monoisotopic (exact) mass is 319 g/mol. The first kappa shape index (κ1) is 16.6. The second-order valence-corrected chi connectivity index (χ2v) is 5.59. The molecule has 0 amide bonds. The van der Waals surface area contributed by atoms with Gasteiger partial charge in [-0.15, -0.1) is 0 Å². The highest BCUT2D eigenvalue weighted by molar-refractivity contribution is 5.54. The highest BCUT2D eigenvalue weighted by atomic mass is 19.4. The molecule has 0 aliphatic carbocycles. The quantitative estimate of drug-likeness (QED) is 0.876. The molecule has 2 N–H and O–H groups in total. The maximum atomic E-state index is 13.3. The van der Waals surface area contributed by atoms with E-state index in [9.17, 15) is 22.8 Å². The number of anilines is 1. The van der Waals surface area contributed by atoms with E-state index < -0.39 is 29.4 Å². The molecule has 2 heterocycles. The van der Waals surface area contributed by atoms with E-state index in [4.69, 9.17) is 0 Å². The zero-order chi connectivity index (χ0) is 16.5. The van der Waals surface area contributed by atoms with E-state index >= 15 is 0 Å². The zero-order valence-electron chi connectivity index (χ0n) is 12.6. The molecule has 0 bridgehead atoms. The summed E-state index contributed by atoms with van der Waals surface area (Å²) in [4.78, 5) is 26.1. The number of nitrogens with zero attached hydrogens (tertiary/aromatic N) is 1. The average Bonchev–Trinajstić information content (AvgIpc) is 2.81. The van der Waals surface area contributed by atoms with Gasteiger partial charge in [-0.2, -0.15) is 13.2 Å². The first-order valence-corrected chi connectivity index (χ1v) is 7.51. The molecular weight excluding hydrogens is 299 g/mol. The van der Waals surface area contributed by atoms with Crippen molar-refractivity contribution in [1.82, 2.24) is 9.55 Å². The van der Waals surface area contributed by atoms with Crippen molar-refractivity contribution in [2.24, 2.45) is 0 Å². The zero-order valence-corrected chi connectivity index (χ0v) is 12.6. The highest BCUT2D eigenvalue weighted by Crippen LogP contribution is 2.43. The lowest BCUT2D eigenvalue weighted by Crippen LogP contribution is -2.38. The summed E-state index contributed by atoms with van der Waals surface area (Å²) >= 11 is 0. The van der Waals surface area contributed by atoms with E-state index in [1.807, 2.05) is 13.8 Å². The maximum Gasteiger partial charge on any atom is 0.409 e. The number of alkyl halides is 3. The first-order chi connectivity index (χ1) is 10.3. The molecule has 2 rings (SSSR count). The van der Waals surface area contributed by atoms with Crippen molar-refractivity contribution in [2.75, 3.05) is 5.32 Å². The van der Waals surface area contributed by atoms with Gasteiger partial charge in [0.15, 0.2) is 0 Å². The summed E-state index contributed by atoms with van der Waals surface area (Å²) in [6, 6.07) is -1.82. The average molecular weight is 319 g/mol. The Balaban J connectivity index is 2.57. The number of fused-ring (bicyclic) bond motifs is 1. The second-order valence-electron chi connectivity index (χ2n) is 5.59. The number of hydrogen-bond acceptors (Lipinski definition) is 3. The van der Waals surface area contributed by atoms with Crippen LogP contribution >= 0.6 is 0 Å². The molecule has 0 spiro atoms. The van der Waals surface area contributed by atoms with E-state index in [1.165, 1.54) is 4.57 Å². The maximum absolute atomic E-state index is 13.3. The molecule has 0 radical (unpaired) electrons. The lowest BCUT2D eigenvalue weighted by Gasteiger charge is -2.22. The Bertz CT molecular complexity index is 648. The summed E-state index contributed by atoms with van der Waals surface area (Å²) in [6.45, 7) is 3.96. The third-order valence-electron chi connectivity index (χ3n) is 3.97. The number of aromatic amines is 1. The Morgan fingerprint density at radius 1 is 1.18 bits per heavy atom. The molecule has 0 unspecified atom stereocenters. The molecule has 0 saturated carbocycles. The second kappa shape index (κ2) is 6.18. The minimum absolute atomic E-state index is 0.0269. The van der Waals surface area contributed by atoms with E-state index in [2.05, 4.69) is 10.3 Å². The third-order valence-corrected chi connectivity index (χ3v) is 3.97. The summed E-state index contributed by atoms with van der Waals surface area (Å²) in [5, 5.41) is 2.39. The van der Waals surface area contributed by atoms with Crippen LogP contribution in [0, 0.1) is 0 Å². The van der Waals surface area contributed by atoms with Gasteiger partial charge in [0.2, 0.25) is 0 Å². The number of H-pyrrole nitrogens is 1. The number of halogens is 3. The lowest BCUT2D eigenvalue weighted by molar-refractivity contribution is -0.146. The SMILES string of the molecule is CCCC[C@@H]1c2c(n(CCC)c(=O)[nH]c2=O)N[C@H]1C(F)(F)F. The normalized spacial score (nSPS) is 20.8. The van der Waals surface area contributed by atoms with Crippen LogP contribution in [0.15, 0.2) is 9.59 Å². The Morgan fingerprint density at radius 3 is 2.41 bits per heavy atom. The molecule has 8 heteroatoms. The molecule has 1 aliphatic heterocycles. The van der Waals surface area contributed by atoms with E-state index in [0.717, 1.165) is 6.42 Å². The number of nitrogens with one attached hydrogen (secondary N) is 2. The third kappa shape index (κ3) is 2.91. The Labute approximate surface area is 125 Å². The molecule has 124 valence electrons. The van der Waals surface area contributed by atoms with Gasteiger partial charge in [-0.1, -0.05) is 26.7 Å². The van der Waals surface area contributed by atoms with Crippen LogP contribution in [-0.2, 0) is 6.54 Å². The van der Waals surface area contributed by atoms with Gasteiger partial charge >= 0.3 is 11.9 Å². The molecule has 1 aromatic heterocycles. The molecule has 0 saturated heterocycles. The van der Waals surface area contributed by atoms with Crippen molar-refractivity contribution in [3.8, 4) is 0 Å². The van der Waals surface area contributed by atoms with Crippen molar-refractivity contribution < 1.29 is 13.2 Å². The molecular formula is C14H20F3N3O2. The molecule has 1 aromatic rings.